The summed E-state index contributed by atoms with van der Waals surface area (Å²) >= 11 is 2.95. The lowest BCUT2D eigenvalue weighted by atomic mass is 10.2. The maximum Gasteiger partial charge on any atom is 0.293 e. The Bertz CT molecular complexity index is 1100. The Morgan fingerprint density at radius 3 is 2.62 bits per heavy atom. The summed E-state index contributed by atoms with van der Waals surface area (Å²) in [6.07, 6.45) is 3.14. The largest absolute Gasteiger partial charge is 0.493 e. The molecule has 0 bridgehead atoms. The van der Waals surface area contributed by atoms with Crippen LogP contribution in [0.3, 0.4) is 0 Å². The van der Waals surface area contributed by atoms with Gasteiger partial charge in [0.2, 0.25) is 0 Å². The second-order valence-electron chi connectivity index (χ2n) is 6.82. The van der Waals surface area contributed by atoms with Crippen molar-refractivity contribution in [3.8, 4) is 11.5 Å². The summed E-state index contributed by atoms with van der Waals surface area (Å²) in [6, 6.07) is 10.9. The fourth-order valence-corrected chi connectivity index (χ4v) is 4.50. The number of hydrogen-bond donors (Lipinski definition) is 1. The Balaban J connectivity index is 1.73. The summed E-state index contributed by atoms with van der Waals surface area (Å²) in [4.78, 5) is 38.2. The van der Waals surface area contributed by atoms with Crippen LogP contribution in [0.2, 0.25) is 0 Å². The molecule has 1 aliphatic heterocycles. The molecule has 0 aromatic heterocycles. The van der Waals surface area contributed by atoms with Crippen molar-refractivity contribution in [2.75, 3.05) is 25.6 Å². The number of imide groups is 1. The van der Waals surface area contributed by atoms with Crippen molar-refractivity contribution < 1.29 is 23.9 Å². The predicted octanol–water partition coefficient (Wildman–Crippen LogP) is 4.85. The van der Waals surface area contributed by atoms with Gasteiger partial charge in [0.25, 0.3) is 17.1 Å². The van der Waals surface area contributed by atoms with Gasteiger partial charge in [-0.2, -0.15) is 0 Å². The van der Waals surface area contributed by atoms with Crippen LogP contribution >= 0.6 is 34.4 Å². The van der Waals surface area contributed by atoms with Crippen LogP contribution in [0.4, 0.5) is 10.5 Å². The van der Waals surface area contributed by atoms with E-state index < -0.39 is 0 Å². The van der Waals surface area contributed by atoms with Crippen molar-refractivity contribution in [2.24, 2.45) is 0 Å². The zero-order valence-electron chi connectivity index (χ0n) is 17.5. The molecule has 1 heterocycles. The first-order chi connectivity index (χ1) is 15.3. The number of methoxy groups -OCH3 is 1. The topological polar surface area (TPSA) is 84.9 Å². The van der Waals surface area contributed by atoms with E-state index in [2.05, 4.69) is 34.5 Å². The molecule has 2 aromatic carbocycles. The number of rotatable bonds is 8. The van der Waals surface area contributed by atoms with Crippen LogP contribution in [0.15, 0.2) is 54.0 Å². The highest BCUT2D eigenvalue weighted by molar-refractivity contribution is 14.1. The number of halogens is 1. The van der Waals surface area contributed by atoms with Crippen molar-refractivity contribution in [2.45, 2.75) is 6.92 Å². The zero-order valence-corrected chi connectivity index (χ0v) is 20.5. The van der Waals surface area contributed by atoms with E-state index in [0.29, 0.717) is 31.2 Å². The second kappa shape index (κ2) is 10.7. The molecule has 0 radical (unpaired) electrons. The number of anilines is 1. The van der Waals surface area contributed by atoms with E-state index in [9.17, 15) is 14.4 Å². The summed E-state index contributed by atoms with van der Waals surface area (Å²) in [7, 11) is 1.49. The number of amides is 3. The first-order valence-electron chi connectivity index (χ1n) is 9.55. The minimum Gasteiger partial charge on any atom is -0.493 e. The van der Waals surface area contributed by atoms with Crippen LogP contribution in [0.25, 0.3) is 6.08 Å². The number of ether oxygens (including phenoxy) is 2. The number of benzene rings is 2. The van der Waals surface area contributed by atoms with Crippen LogP contribution in [0.5, 0.6) is 11.5 Å². The van der Waals surface area contributed by atoms with Crippen molar-refractivity contribution in [1.29, 1.82) is 0 Å². The lowest BCUT2D eigenvalue weighted by Gasteiger charge is -2.14. The van der Waals surface area contributed by atoms with Gasteiger partial charge in [-0.3, -0.25) is 19.3 Å². The van der Waals surface area contributed by atoms with Gasteiger partial charge in [0.05, 0.1) is 15.6 Å². The van der Waals surface area contributed by atoms with E-state index in [-0.39, 0.29) is 30.2 Å². The third-order valence-corrected chi connectivity index (χ3v) is 6.13. The Labute approximate surface area is 204 Å². The summed E-state index contributed by atoms with van der Waals surface area (Å²) in [5, 5.41) is 2.45. The van der Waals surface area contributed by atoms with Gasteiger partial charge in [-0.05, 0) is 77.2 Å². The quantitative estimate of drug-likeness (QED) is 0.281. The molecule has 0 aliphatic carbocycles. The highest BCUT2D eigenvalue weighted by Crippen LogP contribution is 2.37. The van der Waals surface area contributed by atoms with Crippen LogP contribution in [-0.2, 0) is 9.59 Å². The number of carbonyl (C=O) groups excluding carboxylic acids is 3. The van der Waals surface area contributed by atoms with Gasteiger partial charge in [0, 0.05) is 12.2 Å². The lowest BCUT2D eigenvalue weighted by molar-refractivity contribution is -0.122. The first-order valence-corrected chi connectivity index (χ1v) is 11.4. The van der Waals surface area contributed by atoms with Gasteiger partial charge in [0.15, 0.2) is 18.1 Å². The van der Waals surface area contributed by atoms with E-state index in [0.717, 1.165) is 22.2 Å². The van der Waals surface area contributed by atoms with Crippen LogP contribution < -0.4 is 14.8 Å². The van der Waals surface area contributed by atoms with Crippen LogP contribution in [0, 0.1) is 10.5 Å². The lowest BCUT2D eigenvalue weighted by Crippen LogP contribution is -2.27. The molecular weight excluding hydrogens is 543 g/mol. The third-order valence-electron chi connectivity index (χ3n) is 4.42. The van der Waals surface area contributed by atoms with Crippen molar-refractivity contribution in [1.82, 2.24) is 4.90 Å². The number of nitrogens with one attached hydrogen (secondary N) is 1. The van der Waals surface area contributed by atoms with E-state index in [1.165, 1.54) is 13.2 Å². The van der Waals surface area contributed by atoms with Gasteiger partial charge in [-0.15, -0.1) is 6.58 Å². The number of nitrogens with zero attached hydrogens (tertiary/aromatic N) is 1. The summed E-state index contributed by atoms with van der Waals surface area (Å²) < 4.78 is 11.8. The van der Waals surface area contributed by atoms with Gasteiger partial charge >= 0.3 is 0 Å². The van der Waals surface area contributed by atoms with Gasteiger partial charge in [0.1, 0.15) is 0 Å². The second-order valence-corrected chi connectivity index (χ2v) is 8.97. The molecule has 1 N–H and O–H groups in total. The van der Waals surface area contributed by atoms with E-state index >= 15 is 0 Å². The Kier molecular flexibility index (Phi) is 7.97. The zero-order chi connectivity index (χ0) is 23.3. The highest BCUT2D eigenvalue weighted by atomic mass is 127. The fraction of sp³-hybridized carbons (Fsp3) is 0.174. The molecule has 7 nitrogen and oxygen atoms in total. The normalized spacial score (nSPS) is 14.6. The number of carbonyl (C=O) groups is 3. The molecule has 9 heteroatoms. The summed E-state index contributed by atoms with van der Waals surface area (Å²) in [6.45, 7) is 5.51. The van der Waals surface area contributed by atoms with E-state index in [4.69, 9.17) is 9.47 Å². The minimum absolute atomic E-state index is 0.167. The van der Waals surface area contributed by atoms with Crippen molar-refractivity contribution in [3.63, 3.8) is 0 Å². The van der Waals surface area contributed by atoms with Gasteiger partial charge in [-0.25, -0.2) is 0 Å². The molecule has 1 aliphatic rings. The average Bonchev–Trinajstić information content (AvgIpc) is 3.02. The van der Waals surface area contributed by atoms with Crippen LogP contribution in [0.1, 0.15) is 11.1 Å². The maximum absolute atomic E-state index is 12.4. The molecule has 3 amide bonds. The molecule has 0 atom stereocenters. The fourth-order valence-electron chi connectivity index (χ4n) is 2.87. The molecule has 0 unspecified atom stereocenters. The summed E-state index contributed by atoms with van der Waals surface area (Å²) in [5.74, 6) is 0.175. The predicted molar refractivity (Wildman–Crippen MR) is 134 cm³/mol. The average molecular weight is 564 g/mol. The van der Waals surface area contributed by atoms with Gasteiger partial charge < -0.3 is 14.8 Å². The molecule has 2 aromatic rings. The molecular formula is C23H21IN2O5S. The van der Waals surface area contributed by atoms with Crippen molar-refractivity contribution in [3.05, 3.63) is 68.7 Å². The summed E-state index contributed by atoms with van der Waals surface area (Å²) in [5.41, 5.74) is 2.46. The Morgan fingerprint density at radius 2 is 1.97 bits per heavy atom. The molecule has 166 valence electrons. The first kappa shape index (κ1) is 23.9. The number of hydrogen-bond acceptors (Lipinski definition) is 6. The molecule has 0 saturated carbocycles. The molecule has 32 heavy (non-hydrogen) atoms. The molecule has 1 saturated heterocycles. The van der Waals surface area contributed by atoms with E-state index in [1.54, 1.807) is 18.2 Å². The highest BCUT2D eigenvalue weighted by Gasteiger charge is 2.34. The minimum atomic E-state index is -0.359. The third kappa shape index (κ3) is 5.71. The van der Waals surface area contributed by atoms with E-state index in [1.807, 2.05) is 31.2 Å². The monoisotopic (exact) mass is 564 g/mol. The SMILES string of the molecule is C=CCN1C(=O)S/C(=C/c2cc(I)c(OCC(=O)Nc3ccc(C)cc3)c(OC)c2)C1=O. The Hall–Kier alpha value is -2.79. The van der Waals surface area contributed by atoms with Gasteiger partial charge in [-0.1, -0.05) is 23.8 Å². The molecule has 3 rings (SSSR count). The maximum atomic E-state index is 12.4. The standard InChI is InChI=1S/C23H21IN2O5S/c1-4-9-26-22(28)19(32-23(26)29)12-15-10-17(24)21(18(11-15)30-3)31-13-20(27)25-16-7-5-14(2)6-8-16/h4-8,10-12H,1,9,13H2,2-3H3,(H,25,27)/b19-12+. The molecule has 0 spiro atoms. The number of thioether (sulfide) groups is 1. The van der Waals surface area contributed by atoms with Crippen LogP contribution in [-0.4, -0.2) is 42.2 Å². The smallest absolute Gasteiger partial charge is 0.293 e. The molecule has 1 fully saturated rings. The Morgan fingerprint density at radius 1 is 1.25 bits per heavy atom. The van der Waals surface area contributed by atoms with Crippen molar-refractivity contribution >= 4 is 63.2 Å². The number of aryl methyl sites for hydroxylation is 1.